The lowest BCUT2D eigenvalue weighted by molar-refractivity contribution is 0.0991. The molecule has 1 nitrogen and oxygen atoms in total. The number of rotatable bonds is 3. The molecule has 0 unspecified atom stereocenters. The number of ketones is 1. The van der Waals surface area contributed by atoms with Crippen LogP contribution in [0.5, 0.6) is 0 Å². The smallest absolute Gasteiger partial charge is 0.167 e. The van der Waals surface area contributed by atoms with E-state index in [4.69, 9.17) is 11.6 Å². The number of carbonyl (C=O) groups is 1. The van der Waals surface area contributed by atoms with E-state index in [0.29, 0.717) is 16.1 Å². The normalized spacial score (nSPS) is 10.4. The highest BCUT2D eigenvalue weighted by Crippen LogP contribution is 2.17. The van der Waals surface area contributed by atoms with Gasteiger partial charge in [0.25, 0.3) is 0 Å². The standard InChI is InChI=1S/C15H12ClFO/c1-10-3-2-4-11(7-10)15(18)9-12-8-13(16)5-6-14(12)17/h2-8H,9H2,1H3. The molecule has 0 bridgehead atoms. The van der Waals surface area contributed by atoms with Crippen molar-refractivity contribution in [3.8, 4) is 0 Å². The van der Waals surface area contributed by atoms with Crippen molar-refractivity contribution in [2.45, 2.75) is 13.3 Å². The van der Waals surface area contributed by atoms with Gasteiger partial charge in [-0.2, -0.15) is 0 Å². The molecule has 0 aliphatic carbocycles. The number of Topliss-reactive ketones (excluding diaryl/α,β-unsaturated/α-hetero) is 1. The zero-order valence-corrected chi connectivity index (χ0v) is 10.7. The third-order valence-electron chi connectivity index (χ3n) is 2.70. The van der Waals surface area contributed by atoms with Gasteiger partial charge in [-0.1, -0.05) is 35.4 Å². The summed E-state index contributed by atoms with van der Waals surface area (Å²) < 4.78 is 13.5. The van der Waals surface area contributed by atoms with Gasteiger partial charge in [0, 0.05) is 17.0 Å². The molecule has 0 saturated carbocycles. The molecule has 0 heterocycles. The van der Waals surface area contributed by atoms with E-state index in [1.54, 1.807) is 12.1 Å². The van der Waals surface area contributed by atoms with Crippen molar-refractivity contribution in [2.75, 3.05) is 0 Å². The molecule has 0 amide bonds. The van der Waals surface area contributed by atoms with Gasteiger partial charge in [-0.3, -0.25) is 4.79 Å². The van der Waals surface area contributed by atoms with Crippen LogP contribution in [0.25, 0.3) is 0 Å². The molecule has 0 fully saturated rings. The van der Waals surface area contributed by atoms with E-state index >= 15 is 0 Å². The quantitative estimate of drug-likeness (QED) is 0.757. The SMILES string of the molecule is Cc1cccc(C(=O)Cc2cc(Cl)ccc2F)c1. The van der Waals surface area contributed by atoms with Crippen LogP contribution in [0.1, 0.15) is 21.5 Å². The van der Waals surface area contributed by atoms with Gasteiger partial charge < -0.3 is 0 Å². The molecule has 0 radical (unpaired) electrons. The molecule has 2 rings (SSSR count). The zero-order chi connectivity index (χ0) is 13.1. The summed E-state index contributed by atoms with van der Waals surface area (Å²) in [5.74, 6) is -0.514. The third kappa shape index (κ3) is 2.96. The molecule has 0 spiro atoms. The predicted octanol–water partition coefficient (Wildman–Crippen LogP) is 4.21. The Kier molecular flexibility index (Phi) is 3.78. The second-order valence-corrected chi connectivity index (χ2v) is 4.64. The van der Waals surface area contributed by atoms with Crippen LogP contribution in [-0.4, -0.2) is 5.78 Å². The van der Waals surface area contributed by atoms with Crippen molar-refractivity contribution < 1.29 is 9.18 Å². The van der Waals surface area contributed by atoms with Gasteiger partial charge in [-0.25, -0.2) is 4.39 Å². The highest BCUT2D eigenvalue weighted by atomic mass is 35.5. The Morgan fingerprint density at radius 1 is 1.22 bits per heavy atom. The fourth-order valence-corrected chi connectivity index (χ4v) is 1.97. The molecule has 0 aliphatic rings. The van der Waals surface area contributed by atoms with Crippen LogP contribution >= 0.6 is 11.6 Å². The molecule has 0 N–H and O–H groups in total. The first-order chi connectivity index (χ1) is 8.56. The number of hydrogen-bond donors (Lipinski definition) is 0. The average molecular weight is 263 g/mol. The fourth-order valence-electron chi connectivity index (χ4n) is 1.77. The van der Waals surface area contributed by atoms with E-state index in [-0.39, 0.29) is 12.2 Å². The second-order valence-electron chi connectivity index (χ2n) is 4.21. The van der Waals surface area contributed by atoms with Crippen LogP contribution in [0.3, 0.4) is 0 Å². The van der Waals surface area contributed by atoms with Crippen molar-refractivity contribution in [3.63, 3.8) is 0 Å². The van der Waals surface area contributed by atoms with Crippen molar-refractivity contribution >= 4 is 17.4 Å². The Morgan fingerprint density at radius 3 is 2.72 bits per heavy atom. The maximum atomic E-state index is 13.5. The monoisotopic (exact) mass is 262 g/mol. The van der Waals surface area contributed by atoms with Gasteiger partial charge in [0.2, 0.25) is 0 Å². The summed E-state index contributed by atoms with van der Waals surface area (Å²) in [7, 11) is 0. The molecule has 0 aliphatic heterocycles. The van der Waals surface area contributed by atoms with Gasteiger partial charge >= 0.3 is 0 Å². The first-order valence-electron chi connectivity index (χ1n) is 5.60. The lowest BCUT2D eigenvalue weighted by atomic mass is 10.0. The molecule has 0 atom stereocenters. The van der Waals surface area contributed by atoms with Crippen LogP contribution in [0.2, 0.25) is 5.02 Å². The first kappa shape index (κ1) is 12.8. The van der Waals surface area contributed by atoms with E-state index in [1.165, 1.54) is 18.2 Å². The molecule has 3 heteroatoms. The molecule has 92 valence electrons. The van der Waals surface area contributed by atoms with Crippen molar-refractivity contribution in [1.29, 1.82) is 0 Å². The van der Waals surface area contributed by atoms with Gasteiger partial charge in [-0.05, 0) is 36.8 Å². The predicted molar refractivity (Wildman–Crippen MR) is 70.6 cm³/mol. The molecule has 2 aromatic rings. The third-order valence-corrected chi connectivity index (χ3v) is 2.93. The molecular weight excluding hydrogens is 251 g/mol. The highest BCUT2D eigenvalue weighted by Gasteiger charge is 2.11. The average Bonchev–Trinajstić information content (AvgIpc) is 2.34. The van der Waals surface area contributed by atoms with Gasteiger partial charge in [0.1, 0.15) is 5.82 Å². The Bertz CT molecular complexity index is 593. The Labute approximate surface area is 110 Å². The van der Waals surface area contributed by atoms with E-state index in [1.807, 2.05) is 19.1 Å². The van der Waals surface area contributed by atoms with E-state index in [2.05, 4.69) is 0 Å². The van der Waals surface area contributed by atoms with Crippen LogP contribution < -0.4 is 0 Å². The zero-order valence-electron chi connectivity index (χ0n) is 9.91. The van der Waals surface area contributed by atoms with Gasteiger partial charge in [0.05, 0.1) is 0 Å². The van der Waals surface area contributed by atoms with Crippen LogP contribution in [0.4, 0.5) is 4.39 Å². The maximum Gasteiger partial charge on any atom is 0.167 e. The number of hydrogen-bond acceptors (Lipinski definition) is 1. The topological polar surface area (TPSA) is 17.1 Å². The largest absolute Gasteiger partial charge is 0.294 e. The maximum absolute atomic E-state index is 13.5. The van der Waals surface area contributed by atoms with Crippen LogP contribution in [0, 0.1) is 12.7 Å². The van der Waals surface area contributed by atoms with Crippen molar-refractivity contribution in [2.24, 2.45) is 0 Å². The van der Waals surface area contributed by atoms with Crippen molar-refractivity contribution in [1.82, 2.24) is 0 Å². The summed E-state index contributed by atoms with van der Waals surface area (Å²) >= 11 is 5.79. The number of carbonyl (C=O) groups excluding carboxylic acids is 1. The van der Waals surface area contributed by atoms with E-state index < -0.39 is 5.82 Å². The van der Waals surface area contributed by atoms with E-state index in [0.717, 1.165) is 5.56 Å². The molecular formula is C15H12ClFO. The van der Waals surface area contributed by atoms with Crippen LogP contribution in [0.15, 0.2) is 42.5 Å². The highest BCUT2D eigenvalue weighted by molar-refractivity contribution is 6.30. The lowest BCUT2D eigenvalue weighted by Gasteiger charge is -2.04. The molecule has 0 aromatic heterocycles. The summed E-state index contributed by atoms with van der Waals surface area (Å²) in [6, 6.07) is 11.5. The Balaban J connectivity index is 2.24. The summed E-state index contributed by atoms with van der Waals surface area (Å²) in [5, 5.41) is 0.434. The minimum Gasteiger partial charge on any atom is -0.294 e. The number of benzene rings is 2. The lowest BCUT2D eigenvalue weighted by Crippen LogP contribution is -2.05. The summed E-state index contributed by atoms with van der Waals surface area (Å²) in [6.45, 7) is 1.91. The molecule has 18 heavy (non-hydrogen) atoms. The minimum atomic E-state index is -0.402. The Morgan fingerprint density at radius 2 is 2.00 bits per heavy atom. The molecule has 0 saturated heterocycles. The van der Waals surface area contributed by atoms with Gasteiger partial charge in [-0.15, -0.1) is 0 Å². The second kappa shape index (κ2) is 5.32. The summed E-state index contributed by atoms with van der Waals surface area (Å²) in [5.41, 5.74) is 1.93. The number of halogens is 2. The van der Waals surface area contributed by atoms with Gasteiger partial charge in [0.15, 0.2) is 5.78 Å². The minimum absolute atomic E-state index is 0.0237. The Hall–Kier alpha value is -1.67. The fraction of sp³-hybridized carbons (Fsp3) is 0.133. The first-order valence-corrected chi connectivity index (χ1v) is 5.98. The van der Waals surface area contributed by atoms with E-state index in [9.17, 15) is 9.18 Å². The summed E-state index contributed by atoms with van der Waals surface area (Å²) in [6.07, 6.45) is 0.0237. The van der Waals surface area contributed by atoms with Crippen LogP contribution in [-0.2, 0) is 6.42 Å². The summed E-state index contributed by atoms with van der Waals surface area (Å²) in [4.78, 5) is 12.0. The number of aryl methyl sites for hydroxylation is 1. The van der Waals surface area contributed by atoms with Crippen molar-refractivity contribution in [3.05, 3.63) is 70.0 Å². The molecule has 2 aromatic carbocycles.